The maximum absolute atomic E-state index is 12.6. The monoisotopic (exact) mass is 413 g/mol. The van der Waals surface area contributed by atoms with Gasteiger partial charge in [0, 0.05) is 31.7 Å². The van der Waals surface area contributed by atoms with E-state index in [9.17, 15) is 19.8 Å². The number of carbonyl (C=O) groups is 2. The van der Waals surface area contributed by atoms with Crippen LogP contribution in [-0.2, 0) is 22.6 Å². The van der Waals surface area contributed by atoms with Crippen molar-refractivity contribution in [2.24, 2.45) is 0 Å². The highest BCUT2D eigenvalue weighted by molar-refractivity contribution is 5.98. The van der Waals surface area contributed by atoms with Gasteiger partial charge in [0.2, 0.25) is 5.91 Å². The quantitative estimate of drug-likeness (QED) is 0.505. The average molecular weight is 413 g/mol. The second-order valence-corrected chi connectivity index (χ2v) is 7.19. The smallest absolute Gasteiger partial charge is 0.252 e. The molecule has 1 fully saturated rings. The lowest BCUT2D eigenvalue weighted by Crippen LogP contribution is -2.48. The molecule has 160 valence electrons. The molecule has 1 heterocycles. The number of nitrogens with one attached hydrogen (secondary N) is 2. The van der Waals surface area contributed by atoms with Gasteiger partial charge in [0.25, 0.3) is 5.91 Å². The van der Waals surface area contributed by atoms with Crippen LogP contribution in [0.1, 0.15) is 21.5 Å². The van der Waals surface area contributed by atoms with Gasteiger partial charge in [-0.1, -0.05) is 30.3 Å². The zero-order chi connectivity index (χ0) is 21.3. The van der Waals surface area contributed by atoms with Crippen LogP contribution in [0, 0.1) is 0 Å². The zero-order valence-corrected chi connectivity index (χ0v) is 16.7. The molecule has 0 unspecified atom stereocenters. The second kappa shape index (κ2) is 10.7. The fraction of sp³-hybridized carbons (Fsp3) is 0.364. The molecule has 1 aliphatic rings. The highest BCUT2D eigenvalue weighted by Gasteiger charge is 2.21. The maximum Gasteiger partial charge on any atom is 0.252 e. The van der Waals surface area contributed by atoms with E-state index < -0.39 is 24.5 Å². The number of ether oxygens (including phenoxy) is 1. The Labute approximate surface area is 175 Å². The van der Waals surface area contributed by atoms with E-state index in [4.69, 9.17) is 4.74 Å². The molecule has 8 heteroatoms. The molecule has 1 atom stereocenters. The summed E-state index contributed by atoms with van der Waals surface area (Å²) in [6.45, 7) is 3.22. The minimum atomic E-state index is -1.09. The van der Waals surface area contributed by atoms with Crippen molar-refractivity contribution in [2.45, 2.75) is 19.1 Å². The molecule has 0 spiro atoms. The lowest BCUT2D eigenvalue weighted by molar-refractivity contribution is -0.124. The molecule has 30 heavy (non-hydrogen) atoms. The van der Waals surface area contributed by atoms with E-state index in [1.54, 1.807) is 12.1 Å². The first kappa shape index (κ1) is 21.8. The molecular weight excluding hydrogens is 386 g/mol. The number of aliphatic hydroxyl groups is 1. The Morgan fingerprint density at radius 2 is 1.80 bits per heavy atom. The summed E-state index contributed by atoms with van der Waals surface area (Å²) in [6.07, 6.45) is 0. The van der Waals surface area contributed by atoms with Gasteiger partial charge in [0.1, 0.15) is 11.8 Å². The largest absolute Gasteiger partial charge is 0.508 e. The summed E-state index contributed by atoms with van der Waals surface area (Å²) >= 11 is 0. The summed E-state index contributed by atoms with van der Waals surface area (Å²) < 4.78 is 5.33. The lowest BCUT2D eigenvalue weighted by Gasteiger charge is -2.26. The minimum absolute atomic E-state index is 0.0278. The van der Waals surface area contributed by atoms with Crippen molar-refractivity contribution in [1.29, 1.82) is 0 Å². The number of aliphatic hydroxyl groups excluding tert-OH is 1. The number of rotatable bonds is 8. The number of nitrogens with zero attached hydrogens (tertiary/aromatic N) is 1. The lowest BCUT2D eigenvalue weighted by atomic mass is 10.1. The summed E-state index contributed by atoms with van der Waals surface area (Å²) in [4.78, 5) is 27.2. The third kappa shape index (κ3) is 6.28. The summed E-state index contributed by atoms with van der Waals surface area (Å²) in [5.41, 5.74) is 1.93. The van der Waals surface area contributed by atoms with Crippen LogP contribution in [0.4, 0.5) is 0 Å². The highest BCUT2D eigenvalue weighted by atomic mass is 16.5. The Hall–Kier alpha value is -2.94. The van der Waals surface area contributed by atoms with Crippen molar-refractivity contribution in [1.82, 2.24) is 15.5 Å². The van der Waals surface area contributed by atoms with Gasteiger partial charge in [-0.3, -0.25) is 14.5 Å². The summed E-state index contributed by atoms with van der Waals surface area (Å²) in [7, 11) is 0. The molecule has 0 aromatic heterocycles. The number of amides is 2. The van der Waals surface area contributed by atoms with Crippen LogP contribution < -0.4 is 10.6 Å². The number of carbonyl (C=O) groups excluding carboxylic acids is 2. The van der Waals surface area contributed by atoms with Crippen LogP contribution in [0.25, 0.3) is 0 Å². The van der Waals surface area contributed by atoms with Gasteiger partial charge in [-0.2, -0.15) is 0 Å². The van der Waals surface area contributed by atoms with Crippen molar-refractivity contribution in [3.8, 4) is 5.75 Å². The van der Waals surface area contributed by atoms with Crippen LogP contribution in [0.15, 0.2) is 48.5 Å². The fourth-order valence-corrected chi connectivity index (χ4v) is 3.26. The van der Waals surface area contributed by atoms with Crippen molar-refractivity contribution in [3.63, 3.8) is 0 Å². The van der Waals surface area contributed by atoms with E-state index in [0.29, 0.717) is 26.3 Å². The van der Waals surface area contributed by atoms with Gasteiger partial charge in [-0.05, 0) is 29.3 Å². The second-order valence-electron chi connectivity index (χ2n) is 7.19. The van der Waals surface area contributed by atoms with E-state index >= 15 is 0 Å². The van der Waals surface area contributed by atoms with Gasteiger partial charge in [0.15, 0.2) is 0 Å². The molecule has 2 aromatic rings. The van der Waals surface area contributed by atoms with Gasteiger partial charge >= 0.3 is 0 Å². The van der Waals surface area contributed by atoms with Crippen LogP contribution in [-0.4, -0.2) is 65.9 Å². The maximum atomic E-state index is 12.6. The van der Waals surface area contributed by atoms with Gasteiger partial charge < -0.3 is 25.6 Å². The molecular formula is C22H27N3O5. The Bertz CT molecular complexity index is 853. The van der Waals surface area contributed by atoms with E-state index in [2.05, 4.69) is 15.5 Å². The fourth-order valence-electron chi connectivity index (χ4n) is 3.26. The zero-order valence-electron chi connectivity index (χ0n) is 16.7. The minimum Gasteiger partial charge on any atom is -0.508 e. The number of aromatic hydroxyl groups is 1. The Balaban J connectivity index is 1.60. The average Bonchev–Trinajstić information content (AvgIpc) is 2.76. The summed E-state index contributed by atoms with van der Waals surface area (Å²) in [5.74, 6) is -1.05. The third-order valence-corrected chi connectivity index (χ3v) is 4.86. The normalized spacial score (nSPS) is 15.4. The van der Waals surface area contributed by atoms with Crippen LogP contribution in [0.3, 0.4) is 0 Å². The number of hydrogen-bond donors (Lipinski definition) is 4. The van der Waals surface area contributed by atoms with E-state index in [-0.39, 0.29) is 11.3 Å². The van der Waals surface area contributed by atoms with Crippen LogP contribution in [0.5, 0.6) is 5.75 Å². The Morgan fingerprint density at radius 3 is 2.50 bits per heavy atom. The predicted octanol–water partition coefficient (Wildman–Crippen LogP) is 0.632. The predicted molar refractivity (Wildman–Crippen MR) is 111 cm³/mol. The van der Waals surface area contributed by atoms with Crippen molar-refractivity contribution < 1.29 is 24.5 Å². The SMILES string of the molecule is O=C(N[C@@H](CO)C(=O)NCc1ccccc1)c1cc(O)cc(CN2CCOCC2)c1. The van der Waals surface area contributed by atoms with Crippen molar-refractivity contribution in [2.75, 3.05) is 32.9 Å². The molecule has 0 saturated carbocycles. The Kier molecular flexibility index (Phi) is 7.78. The van der Waals surface area contributed by atoms with Gasteiger partial charge in [-0.15, -0.1) is 0 Å². The van der Waals surface area contributed by atoms with Crippen LogP contribution >= 0.6 is 0 Å². The molecule has 3 rings (SSSR count). The highest BCUT2D eigenvalue weighted by Crippen LogP contribution is 2.18. The topological polar surface area (TPSA) is 111 Å². The molecule has 0 aliphatic carbocycles. The van der Waals surface area contributed by atoms with Gasteiger partial charge in [-0.25, -0.2) is 0 Å². The van der Waals surface area contributed by atoms with E-state index in [1.165, 1.54) is 6.07 Å². The first-order valence-electron chi connectivity index (χ1n) is 9.91. The number of benzene rings is 2. The molecule has 2 amide bonds. The number of phenolic OH excluding ortho intramolecular Hbond substituents is 1. The number of phenols is 1. The molecule has 0 bridgehead atoms. The first-order valence-corrected chi connectivity index (χ1v) is 9.91. The first-order chi connectivity index (χ1) is 14.5. The number of hydrogen-bond acceptors (Lipinski definition) is 6. The molecule has 8 nitrogen and oxygen atoms in total. The Morgan fingerprint density at radius 1 is 1.07 bits per heavy atom. The molecule has 2 aromatic carbocycles. The molecule has 1 saturated heterocycles. The third-order valence-electron chi connectivity index (χ3n) is 4.86. The standard InChI is InChI=1S/C22H27N3O5/c26-15-20(22(29)23-13-16-4-2-1-3-5-16)24-21(28)18-10-17(11-19(27)12-18)14-25-6-8-30-9-7-25/h1-5,10-12,20,26-27H,6-9,13-15H2,(H,23,29)(H,24,28)/t20-/m0/s1. The molecule has 4 N–H and O–H groups in total. The summed E-state index contributed by atoms with van der Waals surface area (Å²) in [6, 6.07) is 12.9. The van der Waals surface area contributed by atoms with E-state index in [0.717, 1.165) is 24.2 Å². The summed E-state index contributed by atoms with van der Waals surface area (Å²) in [5, 5.41) is 24.8. The number of morpholine rings is 1. The molecule has 1 aliphatic heterocycles. The van der Waals surface area contributed by atoms with Crippen LogP contribution in [0.2, 0.25) is 0 Å². The van der Waals surface area contributed by atoms with Crippen molar-refractivity contribution >= 4 is 11.8 Å². The van der Waals surface area contributed by atoms with E-state index in [1.807, 2.05) is 30.3 Å². The van der Waals surface area contributed by atoms with Crippen molar-refractivity contribution in [3.05, 3.63) is 65.2 Å². The molecule has 0 radical (unpaired) electrons. The van der Waals surface area contributed by atoms with Gasteiger partial charge in [0.05, 0.1) is 19.8 Å².